The zero-order chi connectivity index (χ0) is 21.3. The molecule has 0 bridgehead atoms. The Labute approximate surface area is 178 Å². The number of piperazine rings is 1. The van der Waals surface area contributed by atoms with Crippen LogP contribution < -0.4 is 4.87 Å². The molecule has 30 heavy (non-hydrogen) atoms. The van der Waals surface area contributed by atoms with E-state index in [0.717, 1.165) is 16.9 Å². The van der Waals surface area contributed by atoms with Crippen molar-refractivity contribution in [2.45, 2.75) is 4.90 Å². The van der Waals surface area contributed by atoms with Crippen molar-refractivity contribution >= 4 is 43.6 Å². The van der Waals surface area contributed by atoms with Crippen LogP contribution in [0.1, 0.15) is 5.56 Å². The average molecular weight is 444 g/mol. The van der Waals surface area contributed by atoms with E-state index in [9.17, 15) is 18.0 Å². The molecule has 9 heteroatoms. The molecular formula is C21H21N3O4S2. The van der Waals surface area contributed by atoms with Crippen molar-refractivity contribution in [1.82, 2.24) is 13.8 Å². The molecule has 3 aromatic rings. The van der Waals surface area contributed by atoms with Crippen molar-refractivity contribution in [3.63, 3.8) is 0 Å². The number of aromatic nitrogens is 1. The first kappa shape index (κ1) is 20.5. The third-order valence-corrected chi connectivity index (χ3v) is 8.06. The van der Waals surface area contributed by atoms with E-state index in [2.05, 4.69) is 0 Å². The second kappa shape index (κ2) is 8.17. The van der Waals surface area contributed by atoms with E-state index in [0.29, 0.717) is 23.3 Å². The van der Waals surface area contributed by atoms with Gasteiger partial charge in [-0.2, -0.15) is 4.31 Å². The van der Waals surface area contributed by atoms with Gasteiger partial charge in [0.2, 0.25) is 15.9 Å². The maximum absolute atomic E-state index is 13.0. The number of carbonyl (C=O) groups is 1. The third-order valence-electron chi connectivity index (χ3n) is 5.17. The first-order valence-corrected chi connectivity index (χ1v) is 11.7. The lowest BCUT2D eigenvalue weighted by Gasteiger charge is -2.33. The molecular weight excluding hydrogens is 422 g/mol. The summed E-state index contributed by atoms with van der Waals surface area (Å²) in [5.74, 6) is -0.133. The number of hydrogen-bond donors (Lipinski definition) is 0. The molecule has 1 amide bonds. The van der Waals surface area contributed by atoms with Crippen molar-refractivity contribution in [1.29, 1.82) is 0 Å². The van der Waals surface area contributed by atoms with Gasteiger partial charge in [0.25, 0.3) is 0 Å². The van der Waals surface area contributed by atoms with Crippen LogP contribution in [0.3, 0.4) is 0 Å². The minimum absolute atomic E-state index is 0.129. The fourth-order valence-corrected chi connectivity index (χ4v) is 5.85. The predicted octanol–water partition coefficient (Wildman–Crippen LogP) is 2.15. The van der Waals surface area contributed by atoms with Crippen molar-refractivity contribution in [2.75, 3.05) is 26.2 Å². The quantitative estimate of drug-likeness (QED) is 0.579. The Morgan fingerprint density at radius 1 is 1.03 bits per heavy atom. The fourth-order valence-electron chi connectivity index (χ4n) is 3.41. The van der Waals surface area contributed by atoms with Gasteiger partial charge in [0.1, 0.15) is 0 Å². The summed E-state index contributed by atoms with van der Waals surface area (Å²) in [4.78, 5) is 25.9. The summed E-state index contributed by atoms with van der Waals surface area (Å²) < 4.78 is 29.6. The lowest BCUT2D eigenvalue weighted by Crippen LogP contribution is -2.50. The minimum atomic E-state index is -3.69. The molecule has 1 aliphatic heterocycles. The fraction of sp³-hybridized carbons (Fsp3) is 0.238. The van der Waals surface area contributed by atoms with Gasteiger partial charge in [-0.1, -0.05) is 41.7 Å². The number of benzene rings is 2. The topological polar surface area (TPSA) is 79.7 Å². The highest BCUT2D eigenvalue weighted by Crippen LogP contribution is 2.24. The molecule has 1 fully saturated rings. The van der Waals surface area contributed by atoms with Gasteiger partial charge in [-0.3, -0.25) is 9.59 Å². The summed E-state index contributed by atoms with van der Waals surface area (Å²) in [5.41, 5.74) is 1.65. The molecule has 0 radical (unpaired) electrons. The maximum atomic E-state index is 13.0. The van der Waals surface area contributed by atoms with E-state index in [1.54, 1.807) is 30.2 Å². The monoisotopic (exact) mass is 443 g/mol. The number of hydrogen-bond acceptors (Lipinski definition) is 5. The van der Waals surface area contributed by atoms with Crippen LogP contribution in [0.5, 0.6) is 0 Å². The Morgan fingerprint density at radius 2 is 1.73 bits per heavy atom. The Morgan fingerprint density at radius 3 is 2.43 bits per heavy atom. The van der Waals surface area contributed by atoms with Crippen LogP contribution >= 0.6 is 11.3 Å². The molecule has 2 aromatic carbocycles. The van der Waals surface area contributed by atoms with Gasteiger partial charge in [0, 0.05) is 39.3 Å². The number of fused-ring (bicyclic) bond motifs is 1. The van der Waals surface area contributed by atoms with E-state index < -0.39 is 10.0 Å². The summed E-state index contributed by atoms with van der Waals surface area (Å²) in [6.45, 7) is 1.13. The van der Waals surface area contributed by atoms with Gasteiger partial charge in [-0.15, -0.1) is 0 Å². The molecule has 0 spiro atoms. The number of amides is 1. The molecule has 0 saturated carbocycles. The Balaban J connectivity index is 1.44. The molecule has 156 valence electrons. The molecule has 7 nitrogen and oxygen atoms in total. The summed E-state index contributed by atoms with van der Waals surface area (Å²) in [7, 11) is -2.02. The zero-order valence-corrected chi connectivity index (χ0v) is 18.0. The van der Waals surface area contributed by atoms with E-state index in [1.807, 2.05) is 30.3 Å². The molecule has 0 unspecified atom stereocenters. The first-order valence-electron chi connectivity index (χ1n) is 9.48. The second-order valence-corrected chi connectivity index (χ2v) is 9.96. The summed E-state index contributed by atoms with van der Waals surface area (Å²) in [6, 6.07) is 14.3. The van der Waals surface area contributed by atoms with Crippen molar-refractivity contribution in [3.8, 4) is 0 Å². The van der Waals surface area contributed by atoms with Crippen LogP contribution in [0.2, 0.25) is 0 Å². The first-order chi connectivity index (χ1) is 14.4. The van der Waals surface area contributed by atoms with Gasteiger partial charge < -0.3 is 9.47 Å². The summed E-state index contributed by atoms with van der Waals surface area (Å²) in [6.07, 6.45) is 3.27. The molecule has 0 atom stereocenters. The van der Waals surface area contributed by atoms with Gasteiger partial charge in [0.05, 0.1) is 15.1 Å². The minimum Gasteiger partial charge on any atom is -0.337 e. The van der Waals surface area contributed by atoms with Crippen LogP contribution in [0.25, 0.3) is 16.3 Å². The highest BCUT2D eigenvalue weighted by molar-refractivity contribution is 7.89. The van der Waals surface area contributed by atoms with Crippen molar-refractivity contribution in [2.24, 2.45) is 7.05 Å². The molecule has 0 N–H and O–H groups in total. The van der Waals surface area contributed by atoms with Crippen molar-refractivity contribution in [3.05, 3.63) is 69.8 Å². The number of rotatable bonds is 4. The summed E-state index contributed by atoms with van der Waals surface area (Å²) >= 11 is 1.03. The largest absolute Gasteiger partial charge is 0.337 e. The average Bonchev–Trinajstić information content (AvgIpc) is 3.06. The second-order valence-electron chi connectivity index (χ2n) is 7.03. The highest BCUT2D eigenvalue weighted by atomic mass is 32.2. The number of thiazole rings is 1. The van der Waals surface area contributed by atoms with E-state index >= 15 is 0 Å². The highest BCUT2D eigenvalue weighted by Gasteiger charge is 2.30. The molecule has 1 saturated heterocycles. The standard InChI is InChI=1S/C21H21N3O4S2/c1-22-18-9-8-17(15-19(18)29-21(22)26)30(27,28)24-13-11-23(12-14-24)20(25)10-7-16-5-3-2-4-6-16/h2-10,15H,11-14H2,1H3. The van der Waals surface area contributed by atoms with Crippen LogP contribution in [-0.2, 0) is 21.9 Å². The maximum Gasteiger partial charge on any atom is 0.307 e. The number of carbonyl (C=O) groups excluding carboxylic acids is 1. The zero-order valence-electron chi connectivity index (χ0n) is 16.4. The molecule has 0 aliphatic carbocycles. The van der Waals surface area contributed by atoms with Crippen molar-refractivity contribution < 1.29 is 13.2 Å². The van der Waals surface area contributed by atoms with E-state index in [4.69, 9.17) is 0 Å². The lowest BCUT2D eigenvalue weighted by molar-refractivity contribution is -0.127. The Bertz CT molecular complexity index is 1270. The predicted molar refractivity (Wildman–Crippen MR) is 118 cm³/mol. The lowest BCUT2D eigenvalue weighted by atomic mass is 10.2. The number of aryl methyl sites for hydroxylation is 1. The molecule has 1 aromatic heterocycles. The van der Waals surface area contributed by atoms with Crippen LogP contribution in [0.15, 0.2) is 64.3 Å². The Kier molecular flexibility index (Phi) is 5.59. The third kappa shape index (κ3) is 3.96. The van der Waals surface area contributed by atoms with Gasteiger partial charge in [0.15, 0.2) is 0 Å². The smallest absolute Gasteiger partial charge is 0.307 e. The van der Waals surface area contributed by atoms with Gasteiger partial charge >= 0.3 is 4.87 Å². The molecule has 2 heterocycles. The SMILES string of the molecule is Cn1c(=O)sc2cc(S(=O)(=O)N3CCN(C(=O)C=Cc4ccccc4)CC3)ccc21. The number of nitrogens with zero attached hydrogens (tertiary/aromatic N) is 3. The van der Waals surface area contributed by atoms with Gasteiger partial charge in [-0.05, 0) is 29.8 Å². The van der Waals surface area contributed by atoms with Gasteiger partial charge in [-0.25, -0.2) is 8.42 Å². The normalized spacial score (nSPS) is 15.8. The summed E-state index contributed by atoms with van der Waals surface area (Å²) in [5, 5.41) is 0. The number of sulfonamides is 1. The van der Waals surface area contributed by atoms with E-state index in [-0.39, 0.29) is 28.8 Å². The van der Waals surface area contributed by atoms with E-state index in [1.165, 1.54) is 21.0 Å². The molecule has 1 aliphatic rings. The Hall–Kier alpha value is -2.75. The molecule has 4 rings (SSSR count). The van der Waals surface area contributed by atoms with Crippen LogP contribution in [0.4, 0.5) is 0 Å². The van der Waals surface area contributed by atoms with Crippen LogP contribution in [-0.4, -0.2) is 54.3 Å². The van der Waals surface area contributed by atoms with Crippen LogP contribution in [0, 0.1) is 0 Å².